The molecular formula is C10H11NO4. The molecule has 0 fully saturated rings. The van der Waals surface area contributed by atoms with E-state index in [2.05, 4.69) is 0 Å². The van der Waals surface area contributed by atoms with Crippen molar-refractivity contribution in [3.63, 3.8) is 0 Å². The number of fused-ring (bicyclic) bond motifs is 1. The fourth-order valence-electron chi connectivity index (χ4n) is 1.47. The Bertz CT molecular complexity index is 403. The van der Waals surface area contributed by atoms with Crippen LogP contribution < -0.4 is 15.2 Å². The first-order valence-corrected chi connectivity index (χ1v) is 4.61. The molecule has 5 heteroatoms. The normalized spacial score (nSPS) is 14.4. The van der Waals surface area contributed by atoms with Gasteiger partial charge in [-0.2, -0.15) is 0 Å². The van der Waals surface area contributed by atoms with Crippen molar-refractivity contribution in [2.24, 2.45) is 0 Å². The number of hydrogen-bond donors (Lipinski definition) is 2. The van der Waals surface area contributed by atoms with E-state index in [4.69, 9.17) is 20.3 Å². The zero-order chi connectivity index (χ0) is 10.8. The molecule has 0 radical (unpaired) electrons. The van der Waals surface area contributed by atoms with Gasteiger partial charge in [-0.25, -0.2) is 4.79 Å². The Hall–Kier alpha value is -1.91. The Kier molecular flexibility index (Phi) is 2.37. The SMILES string of the molecule is Nc1ccc2c(c1C(=O)O)OCCCO2. The molecule has 0 unspecified atom stereocenters. The van der Waals surface area contributed by atoms with E-state index in [1.165, 1.54) is 6.07 Å². The number of aromatic carboxylic acids is 1. The van der Waals surface area contributed by atoms with Gasteiger partial charge in [0.2, 0.25) is 0 Å². The molecule has 1 heterocycles. The molecule has 0 atom stereocenters. The zero-order valence-corrected chi connectivity index (χ0v) is 8.03. The maximum absolute atomic E-state index is 11.0. The van der Waals surface area contributed by atoms with Crippen LogP contribution in [0.2, 0.25) is 0 Å². The minimum Gasteiger partial charge on any atom is -0.490 e. The molecule has 15 heavy (non-hydrogen) atoms. The Labute approximate surface area is 86.4 Å². The number of carboxylic acid groups (broad SMARTS) is 1. The summed E-state index contributed by atoms with van der Waals surface area (Å²) in [6.45, 7) is 0.965. The molecule has 5 nitrogen and oxygen atoms in total. The van der Waals surface area contributed by atoms with Gasteiger partial charge in [-0.1, -0.05) is 0 Å². The molecule has 0 bridgehead atoms. The van der Waals surface area contributed by atoms with Crippen LogP contribution in [-0.4, -0.2) is 24.3 Å². The molecule has 1 aromatic rings. The van der Waals surface area contributed by atoms with Crippen LogP contribution >= 0.6 is 0 Å². The summed E-state index contributed by atoms with van der Waals surface area (Å²) in [5.74, 6) is -0.422. The Morgan fingerprint density at radius 2 is 2.07 bits per heavy atom. The van der Waals surface area contributed by atoms with Gasteiger partial charge >= 0.3 is 5.97 Å². The van der Waals surface area contributed by atoms with E-state index in [0.29, 0.717) is 19.0 Å². The van der Waals surface area contributed by atoms with Gasteiger partial charge in [-0.3, -0.25) is 0 Å². The van der Waals surface area contributed by atoms with Crippen molar-refractivity contribution in [1.82, 2.24) is 0 Å². The monoisotopic (exact) mass is 209 g/mol. The fraction of sp³-hybridized carbons (Fsp3) is 0.300. The number of hydrogen-bond acceptors (Lipinski definition) is 4. The number of ether oxygens (including phenoxy) is 2. The van der Waals surface area contributed by atoms with E-state index < -0.39 is 5.97 Å². The van der Waals surface area contributed by atoms with E-state index in [0.717, 1.165) is 6.42 Å². The van der Waals surface area contributed by atoms with Gasteiger partial charge in [0.05, 0.1) is 18.9 Å². The van der Waals surface area contributed by atoms with Gasteiger partial charge in [0.15, 0.2) is 11.5 Å². The molecule has 0 aliphatic carbocycles. The highest BCUT2D eigenvalue weighted by atomic mass is 16.5. The first kappa shape index (κ1) is 9.64. The highest BCUT2D eigenvalue weighted by molar-refractivity contribution is 5.97. The summed E-state index contributed by atoms with van der Waals surface area (Å²) >= 11 is 0. The fourth-order valence-corrected chi connectivity index (χ4v) is 1.47. The largest absolute Gasteiger partial charge is 0.490 e. The minimum absolute atomic E-state index is 0.0191. The molecule has 0 spiro atoms. The lowest BCUT2D eigenvalue weighted by atomic mass is 10.1. The molecule has 2 rings (SSSR count). The Balaban J connectivity index is 2.56. The summed E-state index contributed by atoms with van der Waals surface area (Å²) in [5.41, 5.74) is 5.75. The topological polar surface area (TPSA) is 81.8 Å². The quantitative estimate of drug-likeness (QED) is 0.677. The van der Waals surface area contributed by atoms with Crippen molar-refractivity contribution in [1.29, 1.82) is 0 Å². The van der Waals surface area contributed by atoms with E-state index in [1.54, 1.807) is 6.07 Å². The molecule has 0 aromatic heterocycles. The van der Waals surface area contributed by atoms with Gasteiger partial charge < -0.3 is 20.3 Å². The smallest absolute Gasteiger partial charge is 0.341 e. The standard InChI is InChI=1S/C10H11NO4/c11-6-2-3-7-9(8(6)10(12)13)15-5-1-4-14-7/h2-3H,1,4-5,11H2,(H,12,13). The third-order valence-electron chi connectivity index (χ3n) is 2.16. The first-order valence-electron chi connectivity index (χ1n) is 4.61. The molecule has 0 saturated carbocycles. The predicted molar refractivity (Wildman–Crippen MR) is 53.4 cm³/mol. The van der Waals surface area contributed by atoms with Gasteiger partial charge in [-0.15, -0.1) is 0 Å². The van der Waals surface area contributed by atoms with Crippen molar-refractivity contribution in [2.75, 3.05) is 18.9 Å². The molecule has 3 N–H and O–H groups in total. The van der Waals surface area contributed by atoms with Crippen LogP contribution in [0.4, 0.5) is 5.69 Å². The number of nitrogens with two attached hydrogens (primary N) is 1. The van der Waals surface area contributed by atoms with Gasteiger partial charge in [0.1, 0.15) is 5.56 Å². The van der Waals surface area contributed by atoms with Crippen LogP contribution in [0.1, 0.15) is 16.8 Å². The van der Waals surface area contributed by atoms with Crippen LogP contribution in [0.5, 0.6) is 11.5 Å². The lowest BCUT2D eigenvalue weighted by Crippen LogP contribution is -2.07. The predicted octanol–water partition coefficient (Wildman–Crippen LogP) is 1.13. The van der Waals surface area contributed by atoms with Crippen LogP contribution in [-0.2, 0) is 0 Å². The highest BCUT2D eigenvalue weighted by Crippen LogP contribution is 2.36. The molecule has 0 amide bonds. The highest BCUT2D eigenvalue weighted by Gasteiger charge is 2.21. The van der Waals surface area contributed by atoms with Gasteiger partial charge in [0.25, 0.3) is 0 Å². The molecular weight excluding hydrogens is 198 g/mol. The number of anilines is 1. The van der Waals surface area contributed by atoms with Crippen LogP contribution in [0.25, 0.3) is 0 Å². The third kappa shape index (κ3) is 1.68. The minimum atomic E-state index is -1.10. The average Bonchev–Trinajstić information content (AvgIpc) is 2.41. The molecule has 80 valence electrons. The maximum Gasteiger partial charge on any atom is 0.341 e. The summed E-state index contributed by atoms with van der Waals surface area (Å²) < 4.78 is 10.7. The zero-order valence-electron chi connectivity index (χ0n) is 8.03. The maximum atomic E-state index is 11.0. The summed E-state index contributed by atoms with van der Waals surface area (Å²) in [6, 6.07) is 3.14. The van der Waals surface area contributed by atoms with Crippen LogP contribution in [0.15, 0.2) is 12.1 Å². The summed E-state index contributed by atoms with van der Waals surface area (Å²) in [6.07, 6.45) is 0.730. The van der Waals surface area contributed by atoms with Gasteiger partial charge in [0, 0.05) is 6.42 Å². The van der Waals surface area contributed by atoms with E-state index in [9.17, 15) is 4.79 Å². The van der Waals surface area contributed by atoms with E-state index >= 15 is 0 Å². The number of rotatable bonds is 1. The lowest BCUT2D eigenvalue weighted by Gasteiger charge is -2.11. The molecule has 0 saturated heterocycles. The van der Waals surface area contributed by atoms with Crippen LogP contribution in [0.3, 0.4) is 0 Å². The number of carbonyl (C=O) groups is 1. The molecule has 1 aliphatic rings. The van der Waals surface area contributed by atoms with Crippen molar-refractivity contribution in [3.05, 3.63) is 17.7 Å². The van der Waals surface area contributed by atoms with Crippen molar-refractivity contribution in [3.8, 4) is 11.5 Å². The summed E-state index contributed by atoms with van der Waals surface area (Å²) in [5, 5.41) is 9.00. The Morgan fingerprint density at radius 3 is 2.80 bits per heavy atom. The second kappa shape index (κ2) is 3.68. The average molecular weight is 209 g/mol. The molecule has 1 aliphatic heterocycles. The summed E-state index contributed by atoms with van der Waals surface area (Å²) in [4.78, 5) is 11.0. The third-order valence-corrected chi connectivity index (χ3v) is 2.16. The Morgan fingerprint density at radius 1 is 1.33 bits per heavy atom. The van der Waals surface area contributed by atoms with Crippen molar-refractivity contribution >= 4 is 11.7 Å². The second-order valence-corrected chi connectivity index (χ2v) is 3.21. The van der Waals surface area contributed by atoms with Crippen molar-refractivity contribution in [2.45, 2.75) is 6.42 Å². The number of carboxylic acids is 1. The molecule has 1 aromatic carbocycles. The lowest BCUT2D eigenvalue weighted by molar-refractivity contribution is 0.0693. The van der Waals surface area contributed by atoms with Gasteiger partial charge in [-0.05, 0) is 12.1 Å². The van der Waals surface area contributed by atoms with E-state index in [1.807, 2.05) is 0 Å². The number of benzene rings is 1. The van der Waals surface area contributed by atoms with Crippen molar-refractivity contribution < 1.29 is 19.4 Å². The van der Waals surface area contributed by atoms with E-state index in [-0.39, 0.29) is 17.0 Å². The number of nitrogen functional groups attached to an aromatic ring is 1. The van der Waals surface area contributed by atoms with Crippen LogP contribution in [0, 0.1) is 0 Å². The summed E-state index contributed by atoms with van der Waals surface area (Å²) in [7, 11) is 0. The first-order chi connectivity index (χ1) is 7.20. The second-order valence-electron chi connectivity index (χ2n) is 3.21.